The summed E-state index contributed by atoms with van der Waals surface area (Å²) in [5, 5.41) is 7.75. The number of hydrogen-bond donors (Lipinski definition) is 1. The normalized spacial score (nSPS) is 14.8. The highest BCUT2D eigenvalue weighted by molar-refractivity contribution is 7.98. The van der Waals surface area contributed by atoms with Crippen molar-refractivity contribution in [3.8, 4) is 11.4 Å². The summed E-state index contributed by atoms with van der Waals surface area (Å²) in [6.07, 6.45) is 3.60. The van der Waals surface area contributed by atoms with E-state index in [1.807, 2.05) is 47.6 Å². The quantitative estimate of drug-likeness (QED) is 0.553. The Morgan fingerprint density at radius 2 is 1.97 bits per heavy atom. The number of piperidine rings is 1. The summed E-state index contributed by atoms with van der Waals surface area (Å²) in [7, 11) is 0. The van der Waals surface area contributed by atoms with Gasteiger partial charge in [-0.15, -0.1) is 11.8 Å². The van der Waals surface area contributed by atoms with Crippen LogP contribution in [0.5, 0.6) is 0 Å². The van der Waals surface area contributed by atoms with E-state index in [2.05, 4.69) is 15.5 Å². The number of benzene rings is 2. The standard InChI is InChI=1S/C21H21ClN4O2S/c1-29-18-4-2-3-17(13-18)23-21(27)26-11-9-15(10-12-26)20-24-19(25-28-20)14-5-7-16(22)8-6-14/h2-8,13,15H,9-12H2,1H3,(H,23,27). The van der Waals surface area contributed by atoms with Crippen LogP contribution in [0.15, 0.2) is 57.9 Å². The fourth-order valence-electron chi connectivity index (χ4n) is 3.35. The van der Waals surface area contributed by atoms with Crippen molar-refractivity contribution in [1.29, 1.82) is 0 Å². The third-order valence-electron chi connectivity index (χ3n) is 5.00. The molecule has 1 aliphatic heterocycles. The minimum Gasteiger partial charge on any atom is -0.339 e. The Morgan fingerprint density at radius 3 is 2.69 bits per heavy atom. The average molecular weight is 429 g/mol. The lowest BCUT2D eigenvalue weighted by molar-refractivity contribution is 0.187. The van der Waals surface area contributed by atoms with E-state index in [1.165, 1.54) is 0 Å². The van der Waals surface area contributed by atoms with Gasteiger partial charge in [0.05, 0.1) is 0 Å². The smallest absolute Gasteiger partial charge is 0.321 e. The second kappa shape index (κ2) is 8.88. The first-order chi connectivity index (χ1) is 14.1. The lowest BCUT2D eigenvalue weighted by atomic mass is 9.97. The Labute approximate surface area is 178 Å². The highest BCUT2D eigenvalue weighted by atomic mass is 35.5. The molecule has 0 saturated carbocycles. The predicted octanol–water partition coefficient (Wildman–Crippen LogP) is 5.52. The second-order valence-corrected chi connectivity index (χ2v) is 8.20. The van der Waals surface area contributed by atoms with Crippen molar-refractivity contribution >= 4 is 35.1 Å². The Morgan fingerprint density at radius 1 is 1.21 bits per heavy atom. The summed E-state index contributed by atoms with van der Waals surface area (Å²) in [6.45, 7) is 1.30. The van der Waals surface area contributed by atoms with Crippen LogP contribution in [0.4, 0.5) is 10.5 Å². The Bertz CT molecular complexity index is 984. The molecule has 1 saturated heterocycles. The van der Waals surface area contributed by atoms with Crippen molar-refractivity contribution < 1.29 is 9.32 Å². The maximum atomic E-state index is 12.6. The first kappa shape index (κ1) is 19.8. The Balaban J connectivity index is 1.34. The van der Waals surface area contributed by atoms with Crippen molar-refractivity contribution in [3.05, 3.63) is 59.4 Å². The van der Waals surface area contributed by atoms with Gasteiger partial charge < -0.3 is 14.7 Å². The average Bonchev–Trinajstić information content (AvgIpc) is 3.25. The molecule has 1 fully saturated rings. The molecule has 0 radical (unpaired) electrons. The molecular weight excluding hydrogens is 408 g/mol. The van der Waals surface area contributed by atoms with E-state index in [9.17, 15) is 4.79 Å². The molecule has 2 amide bonds. The molecule has 3 aromatic rings. The van der Waals surface area contributed by atoms with Crippen LogP contribution in [0.1, 0.15) is 24.7 Å². The van der Waals surface area contributed by atoms with E-state index < -0.39 is 0 Å². The minimum atomic E-state index is -0.0749. The maximum Gasteiger partial charge on any atom is 0.321 e. The van der Waals surface area contributed by atoms with Gasteiger partial charge in [-0.25, -0.2) is 4.79 Å². The monoisotopic (exact) mass is 428 g/mol. The Kier molecular flexibility index (Phi) is 6.06. The molecule has 6 nitrogen and oxygen atoms in total. The van der Waals surface area contributed by atoms with Crippen molar-refractivity contribution in [3.63, 3.8) is 0 Å². The summed E-state index contributed by atoms with van der Waals surface area (Å²) in [5.41, 5.74) is 1.68. The van der Waals surface area contributed by atoms with Gasteiger partial charge in [0.15, 0.2) is 0 Å². The van der Waals surface area contributed by atoms with Crippen LogP contribution in [0.3, 0.4) is 0 Å². The zero-order chi connectivity index (χ0) is 20.2. The maximum absolute atomic E-state index is 12.6. The lowest BCUT2D eigenvalue weighted by Crippen LogP contribution is -2.40. The van der Waals surface area contributed by atoms with E-state index in [1.54, 1.807) is 23.9 Å². The zero-order valence-corrected chi connectivity index (χ0v) is 17.5. The van der Waals surface area contributed by atoms with Gasteiger partial charge in [-0.1, -0.05) is 22.8 Å². The molecule has 0 aliphatic carbocycles. The number of halogens is 1. The summed E-state index contributed by atoms with van der Waals surface area (Å²) < 4.78 is 5.49. The first-order valence-corrected chi connectivity index (χ1v) is 11.0. The molecule has 0 spiro atoms. The molecule has 29 heavy (non-hydrogen) atoms. The van der Waals surface area contributed by atoms with Gasteiger partial charge in [-0.3, -0.25) is 0 Å². The van der Waals surface area contributed by atoms with Gasteiger partial charge in [0.1, 0.15) is 0 Å². The number of thioether (sulfide) groups is 1. The van der Waals surface area contributed by atoms with Crippen LogP contribution in [-0.2, 0) is 0 Å². The fourth-order valence-corrected chi connectivity index (χ4v) is 3.94. The number of carbonyl (C=O) groups excluding carboxylic acids is 1. The van der Waals surface area contributed by atoms with Crippen molar-refractivity contribution in [2.24, 2.45) is 0 Å². The number of nitrogens with one attached hydrogen (secondary N) is 1. The van der Waals surface area contributed by atoms with Crippen LogP contribution in [0, 0.1) is 0 Å². The van der Waals surface area contributed by atoms with Crippen LogP contribution < -0.4 is 5.32 Å². The van der Waals surface area contributed by atoms with E-state index in [-0.39, 0.29) is 11.9 Å². The molecule has 150 valence electrons. The van der Waals surface area contributed by atoms with Crippen molar-refractivity contribution in [2.45, 2.75) is 23.7 Å². The molecule has 1 aliphatic rings. The molecule has 8 heteroatoms. The molecule has 1 aromatic heterocycles. The van der Waals surface area contributed by atoms with Crippen LogP contribution in [-0.4, -0.2) is 40.4 Å². The van der Waals surface area contributed by atoms with Crippen LogP contribution in [0.25, 0.3) is 11.4 Å². The predicted molar refractivity (Wildman–Crippen MR) is 116 cm³/mol. The highest BCUT2D eigenvalue weighted by Gasteiger charge is 2.27. The topological polar surface area (TPSA) is 71.3 Å². The number of anilines is 1. The molecule has 0 bridgehead atoms. The first-order valence-electron chi connectivity index (χ1n) is 9.42. The molecule has 2 heterocycles. The van der Waals surface area contributed by atoms with E-state index in [0.29, 0.717) is 29.8 Å². The summed E-state index contributed by atoms with van der Waals surface area (Å²) in [5.74, 6) is 1.35. The third kappa shape index (κ3) is 4.74. The van der Waals surface area contributed by atoms with E-state index in [4.69, 9.17) is 16.1 Å². The van der Waals surface area contributed by atoms with Crippen LogP contribution >= 0.6 is 23.4 Å². The molecule has 0 unspecified atom stereocenters. The van der Waals surface area contributed by atoms with Crippen LogP contribution in [0.2, 0.25) is 5.02 Å². The van der Waals surface area contributed by atoms with Gasteiger partial charge in [-0.2, -0.15) is 4.98 Å². The number of hydrogen-bond acceptors (Lipinski definition) is 5. The molecule has 2 aromatic carbocycles. The van der Waals surface area contributed by atoms with E-state index >= 15 is 0 Å². The summed E-state index contributed by atoms with van der Waals surface area (Å²) in [6, 6.07) is 15.1. The molecule has 4 rings (SSSR count). The molecule has 0 atom stereocenters. The van der Waals surface area contributed by atoms with Gasteiger partial charge in [-0.05, 0) is 61.6 Å². The number of amides is 2. The number of nitrogens with zero attached hydrogens (tertiary/aromatic N) is 3. The SMILES string of the molecule is CSc1cccc(NC(=O)N2CCC(c3nc(-c4ccc(Cl)cc4)no3)CC2)c1. The number of likely N-dealkylation sites (tertiary alicyclic amines) is 1. The largest absolute Gasteiger partial charge is 0.339 e. The highest BCUT2D eigenvalue weighted by Crippen LogP contribution is 2.29. The van der Waals surface area contributed by atoms with Crippen molar-refractivity contribution in [1.82, 2.24) is 15.0 Å². The summed E-state index contributed by atoms with van der Waals surface area (Å²) in [4.78, 5) is 20.1. The zero-order valence-electron chi connectivity index (χ0n) is 16.0. The summed E-state index contributed by atoms with van der Waals surface area (Å²) >= 11 is 7.58. The van der Waals surface area contributed by atoms with Crippen molar-refractivity contribution in [2.75, 3.05) is 24.7 Å². The fraction of sp³-hybridized carbons (Fsp3) is 0.286. The number of urea groups is 1. The van der Waals surface area contributed by atoms with Gasteiger partial charge in [0.25, 0.3) is 0 Å². The minimum absolute atomic E-state index is 0.0749. The van der Waals surface area contributed by atoms with Gasteiger partial charge in [0, 0.05) is 40.2 Å². The molecular formula is C21H21ClN4O2S. The lowest BCUT2D eigenvalue weighted by Gasteiger charge is -2.30. The number of carbonyl (C=O) groups is 1. The third-order valence-corrected chi connectivity index (χ3v) is 5.97. The van der Waals surface area contributed by atoms with Gasteiger partial charge in [0.2, 0.25) is 11.7 Å². The number of aromatic nitrogens is 2. The number of rotatable bonds is 4. The second-order valence-electron chi connectivity index (χ2n) is 6.89. The van der Waals surface area contributed by atoms with Gasteiger partial charge >= 0.3 is 6.03 Å². The van der Waals surface area contributed by atoms with E-state index in [0.717, 1.165) is 29.0 Å². The molecule has 1 N–H and O–H groups in total. The Hall–Kier alpha value is -2.51.